The van der Waals surface area contributed by atoms with Crippen molar-refractivity contribution >= 4 is 27.9 Å². The largest absolute Gasteiger partial charge is 0.376 e. The maximum atomic E-state index is 11.5. The van der Waals surface area contributed by atoms with Crippen LogP contribution in [0, 0.1) is 0 Å². The average molecular weight is 210 g/mol. The Morgan fingerprint density at radius 3 is 3.00 bits per heavy atom. The first-order valence-corrected chi connectivity index (χ1v) is 5.51. The molecule has 2 heterocycles. The van der Waals surface area contributed by atoms with Crippen LogP contribution in [0.15, 0.2) is 11.4 Å². The molecule has 0 bridgehead atoms. The van der Waals surface area contributed by atoms with Crippen molar-refractivity contribution in [1.29, 1.82) is 0 Å². The Hall–Kier alpha value is -1.03. The molecule has 1 aliphatic rings. The van der Waals surface area contributed by atoms with Crippen molar-refractivity contribution in [3.05, 3.63) is 11.4 Å². The van der Waals surface area contributed by atoms with Gasteiger partial charge in [-0.2, -0.15) is 0 Å². The van der Waals surface area contributed by atoms with Gasteiger partial charge in [-0.15, -0.1) is 11.3 Å². The van der Waals surface area contributed by atoms with E-state index in [1.54, 1.807) is 18.3 Å². The molecule has 1 amide bonds. The van der Waals surface area contributed by atoms with E-state index in [2.05, 4.69) is 19.2 Å². The van der Waals surface area contributed by atoms with Crippen LogP contribution in [-0.4, -0.2) is 18.0 Å². The summed E-state index contributed by atoms with van der Waals surface area (Å²) < 4.78 is 0. The number of carbonyl (C=O) groups excluding carboxylic acids is 1. The highest BCUT2D eigenvalue weighted by atomic mass is 32.1. The molecule has 0 saturated carbocycles. The molecule has 76 valence electrons. The van der Waals surface area contributed by atoms with E-state index in [0.29, 0.717) is 0 Å². The molecule has 0 unspecified atom stereocenters. The van der Waals surface area contributed by atoms with Crippen LogP contribution in [0.3, 0.4) is 0 Å². The lowest BCUT2D eigenvalue weighted by Crippen LogP contribution is -2.49. The van der Waals surface area contributed by atoms with Crippen LogP contribution in [0.5, 0.6) is 0 Å². The van der Waals surface area contributed by atoms with E-state index < -0.39 is 0 Å². The molecule has 0 atom stereocenters. The molecule has 14 heavy (non-hydrogen) atoms. The quantitative estimate of drug-likeness (QED) is 0.712. The van der Waals surface area contributed by atoms with E-state index in [1.165, 1.54) is 0 Å². The molecule has 3 nitrogen and oxygen atoms in total. The predicted molar refractivity (Wildman–Crippen MR) is 60.0 cm³/mol. The van der Waals surface area contributed by atoms with Crippen molar-refractivity contribution in [2.24, 2.45) is 0 Å². The number of nitrogens with zero attached hydrogens (tertiary/aromatic N) is 1. The minimum absolute atomic E-state index is 0.0419. The Kier molecular flexibility index (Phi) is 2.03. The highest BCUT2D eigenvalue weighted by Crippen LogP contribution is 2.38. The van der Waals surface area contributed by atoms with Gasteiger partial charge in [0.2, 0.25) is 5.91 Å². The van der Waals surface area contributed by atoms with E-state index in [4.69, 9.17) is 0 Å². The number of rotatable bonds is 0. The molecule has 0 spiro atoms. The maximum Gasteiger partial charge on any atom is 0.224 e. The predicted octanol–water partition coefficient (Wildman–Crippen LogP) is 2.31. The lowest BCUT2D eigenvalue weighted by Gasteiger charge is -2.38. The number of anilines is 2. The number of thiophene rings is 1. The zero-order valence-corrected chi connectivity index (χ0v) is 9.44. The highest BCUT2D eigenvalue weighted by Gasteiger charge is 2.32. The lowest BCUT2D eigenvalue weighted by molar-refractivity contribution is -0.116. The minimum atomic E-state index is -0.0419. The third kappa shape index (κ3) is 1.50. The van der Waals surface area contributed by atoms with Crippen molar-refractivity contribution < 1.29 is 4.79 Å². The summed E-state index contributed by atoms with van der Waals surface area (Å²) in [4.78, 5) is 13.3. The summed E-state index contributed by atoms with van der Waals surface area (Å²) in [5.41, 5.74) is 1.03. The SMILES string of the molecule is CC(=O)N1CC(C)(C)Nc2ccsc21. The Bertz CT molecular complexity index is 370. The Morgan fingerprint density at radius 2 is 2.36 bits per heavy atom. The number of fused-ring (bicyclic) bond motifs is 1. The Morgan fingerprint density at radius 1 is 1.64 bits per heavy atom. The fourth-order valence-electron chi connectivity index (χ4n) is 1.73. The standard InChI is InChI=1S/C10H14N2OS/c1-7(13)12-6-10(2,3)11-8-4-5-14-9(8)12/h4-5,11H,6H2,1-3H3. The van der Waals surface area contributed by atoms with Gasteiger partial charge in [-0.1, -0.05) is 0 Å². The van der Waals surface area contributed by atoms with Gasteiger partial charge in [0.25, 0.3) is 0 Å². The fourth-order valence-corrected chi connectivity index (χ4v) is 2.63. The molecular weight excluding hydrogens is 196 g/mol. The second kappa shape index (κ2) is 2.98. The van der Waals surface area contributed by atoms with Crippen molar-refractivity contribution in [2.45, 2.75) is 26.3 Å². The summed E-state index contributed by atoms with van der Waals surface area (Å²) in [7, 11) is 0. The number of hydrogen-bond acceptors (Lipinski definition) is 3. The van der Waals surface area contributed by atoms with Gasteiger partial charge in [0.05, 0.1) is 5.69 Å². The zero-order valence-electron chi connectivity index (χ0n) is 8.63. The topological polar surface area (TPSA) is 32.3 Å². The van der Waals surface area contributed by atoms with Gasteiger partial charge in [0.15, 0.2) is 0 Å². The summed E-state index contributed by atoms with van der Waals surface area (Å²) >= 11 is 1.61. The van der Waals surface area contributed by atoms with Crippen molar-refractivity contribution in [2.75, 3.05) is 16.8 Å². The van der Waals surface area contributed by atoms with Crippen LogP contribution >= 0.6 is 11.3 Å². The van der Waals surface area contributed by atoms with Crippen LogP contribution in [0.4, 0.5) is 10.7 Å². The summed E-state index contributed by atoms with van der Waals surface area (Å²) in [6.07, 6.45) is 0. The van der Waals surface area contributed by atoms with Gasteiger partial charge >= 0.3 is 0 Å². The Balaban J connectivity index is 2.42. The molecule has 0 fully saturated rings. The third-order valence-corrected chi connectivity index (χ3v) is 3.23. The van der Waals surface area contributed by atoms with Gasteiger partial charge in [-0.3, -0.25) is 9.69 Å². The molecule has 0 saturated heterocycles. The molecule has 0 aliphatic carbocycles. The second-order valence-electron chi connectivity index (χ2n) is 4.25. The van der Waals surface area contributed by atoms with E-state index in [1.807, 2.05) is 16.3 Å². The average Bonchev–Trinajstić information content (AvgIpc) is 2.47. The molecule has 1 aromatic rings. The van der Waals surface area contributed by atoms with E-state index in [0.717, 1.165) is 17.2 Å². The van der Waals surface area contributed by atoms with E-state index in [-0.39, 0.29) is 11.4 Å². The summed E-state index contributed by atoms with van der Waals surface area (Å²) in [5, 5.41) is 6.47. The molecule has 1 aromatic heterocycles. The first-order valence-electron chi connectivity index (χ1n) is 4.63. The Labute approximate surface area is 87.7 Å². The smallest absolute Gasteiger partial charge is 0.224 e. The summed E-state index contributed by atoms with van der Waals surface area (Å²) in [5.74, 6) is 0.114. The molecule has 0 aromatic carbocycles. The van der Waals surface area contributed by atoms with Gasteiger partial charge < -0.3 is 5.32 Å². The monoisotopic (exact) mass is 210 g/mol. The van der Waals surface area contributed by atoms with Gasteiger partial charge in [0, 0.05) is 19.0 Å². The first-order chi connectivity index (χ1) is 6.49. The van der Waals surface area contributed by atoms with E-state index >= 15 is 0 Å². The summed E-state index contributed by atoms with van der Waals surface area (Å²) in [6.45, 7) is 6.55. The van der Waals surface area contributed by atoms with E-state index in [9.17, 15) is 4.79 Å². The maximum absolute atomic E-state index is 11.5. The third-order valence-electron chi connectivity index (χ3n) is 2.30. The van der Waals surface area contributed by atoms with Crippen LogP contribution < -0.4 is 10.2 Å². The molecule has 1 aliphatic heterocycles. The number of carbonyl (C=O) groups is 1. The number of hydrogen-bond donors (Lipinski definition) is 1. The highest BCUT2D eigenvalue weighted by molar-refractivity contribution is 7.15. The number of amides is 1. The van der Waals surface area contributed by atoms with Crippen LogP contribution in [-0.2, 0) is 4.79 Å². The molecule has 4 heteroatoms. The minimum Gasteiger partial charge on any atom is -0.376 e. The molecular formula is C10H14N2OS. The van der Waals surface area contributed by atoms with Crippen LogP contribution in [0.1, 0.15) is 20.8 Å². The summed E-state index contributed by atoms with van der Waals surface area (Å²) in [6, 6.07) is 2.02. The van der Waals surface area contributed by atoms with Gasteiger partial charge in [-0.25, -0.2) is 0 Å². The fraction of sp³-hybridized carbons (Fsp3) is 0.500. The van der Waals surface area contributed by atoms with Crippen LogP contribution in [0.25, 0.3) is 0 Å². The molecule has 1 N–H and O–H groups in total. The molecule has 2 rings (SSSR count). The van der Waals surface area contributed by atoms with Crippen molar-refractivity contribution in [3.8, 4) is 0 Å². The van der Waals surface area contributed by atoms with Crippen molar-refractivity contribution in [3.63, 3.8) is 0 Å². The first kappa shape index (κ1) is 9.52. The van der Waals surface area contributed by atoms with Crippen molar-refractivity contribution in [1.82, 2.24) is 0 Å². The van der Waals surface area contributed by atoms with Crippen LogP contribution in [0.2, 0.25) is 0 Å². The van der Waals surface area contributed by atoms with Gasteiger partial charge in [0.1, 0.15) is 5.00 Å². The normalized spacial score (nSPS) is 18.6. The zero-order chi connectivity index (χ0) is 10.3. The second-order valence-corrected chi connectivity index (χ2v) is 5.15. The number of nitrogens with one attached hydrogen (secondary N) is 1. The molecule has 0 radical (unpaired) electrons. The lowest BCUT2D eigenvalue weighted by atomic mass is 10.0. The van der Waals surface area contributed by atoms with Gasteiger partial charge in [-0.05, 0) is 25.3 Å².